The summed E-state index contributed by atoms with van der Waals surface area (Å²) in [6, 6.07) is 3.73. The van der Waals surface area contributed by atoms with Crippen molar-refractivity contribution >= 4 is 5.69 Å². The summed E-state index contributed by atoms with van der Waals surface area (Å²) in [5.74, 6) is 0. The molecule has 0 aliphatic carbocycles. The normalized spacial score (nSPS) is 10.9. The van der Waals surface area contributed by atoms with Crippen molar-refractivity contribution in [2.24, 2.45) is 0 Å². The number of pyridine rings is 1. The van der Waals surface area contributed by atoms with Gasteiger partial charge in [-0.3, -0.25) is 9.88 Å². The Hall–Kier alpha value is -1.13. The number of likely N-dealkylation sites (N-methyl/N-ethyl adjacent to an activating group) is 1. The number of hydrogen-bond donors (Lipinski definition) is 1. The van der Waals surface area contributed by atoms with Crippen molar-refractivity contribution in [1.82, 2.24) is 9.88 Å². The SMILES string of the molecule is CCOCCN(CC)Cc1cc(N)ccn1. The first-order valence-electron chi connectivity index (χ1n) is 5.76. The van der Waals surface area contributed by atoms with Gasteiger partial charge in [0.15, 0.2) is 0 Å². The average molecular weight is 223 g/mol. The lowest BCUT2D eigenvalue weighted by Crippen LogP contribution is -2.27. The molecule has 1 rings (SSSR count). The summed E-state index contributed by atoms with van der Waals surface area (Å²) in [4.78, 5) is 6.58. The molecule has 0 spiro atoms. The molecule has 0 radical (unpaired) electrons. The Balaban J connectivity index is 2.43. The molecular weight excluding hydrogens is 202 g/mol. The third kappa shape index (κ3) is 4.59. The van der Waals surface area contributed by atoms with Gasteiger partial charge in [-0.2, -0.15) is 0 Å². The molecule has 1 aromatic rings. The molecule has 4 heteroatoms. The van der Waals surface area contributed by atoms with Crippen LogP contribution in [0.3, 0.4) is 0 Å². The molecule has 0 aromatic carbocycles. The van der Waals surface area contributed by atoms with E-state index in [1.165, 1.54) is 0 Å². The van der Waals surface area contributed by atoms with Gasteiger partial charge in [-0.05, 0) is 25.6 Å². The van der Waals surface area contributed by atoms with E-state index in [-0.39, 0.29) is 0 Å². The van der Waals surface area contributed by atoms with Crippen molar-refractivity contribution in [3.63, 3.8) is 0 Å². The van der Waals surface area contributed by atoms with Gasteiger partial charge in [-0.15, -0.1) is 0 Å². The largest absolute Gasteiger partial charge is 0.399 e. The zero-order valence-corrected chi connectivity index (χ0v) is 10.1. The van der Waals surface area contributed by atoms with E-state index in [4.69, 9.17) is 10.5 Å². The summed E-state index contributed by atoms with van der Waals surface area (Å²) < 4.78 is 5.34. The fourth-order valence-corrected chi connectivity index (χ4v) is 1.50. The maximum Gasteiger partial charge on any atom is 0.0593 e. The molecule has 90 valence electrons. The quantitative estimate of drug-likeness (QED) is 0.712. The molecule has 16 heavy (non-hydrogen) atoms. The van der Waals surface area contributed by atoms with Crippen molar-refractivity contribution in [3.05, 3.63) is 24.0 Å². The summed E-state index contributed by atoms with van der Waals surface area (Å²) in [6.07, 6.45) is 1.75. The molecule has 4 nitrogen and oxygen atoms in total. The van der Waals surface area contributed by atoms with E-state index in [1.54, 1.807) is 12.3 Å². The highest BCUT2D eigenvalue weighted by molar-refractivity contribution is 5.37. The molecule has 0 atom stereocenters. The fourth-order valence-electron chi connectivity index (χ4n) is 1.50. The van der Waals surface area contributed by atoms with Crippen LogP contribution in [0.2, 0.25) is 0 Å². The van der Waals surface area contributed by atoms with Gasteiger partial charge >= 0.3 is 0 Å². The van der Waals surface area contributed by atoms with Gasteiger partial charge in [0.2, 0.25) is 0 Å². The first kappa shape index (κ1) is 12.9. The third-order valence-corrected chi connectivity index (χ3v) is 2.43. The summed E-state index contributed by atoms with van der Waals surface area (Å²) in [6.45, 7) is 8.44. The van der Waals surface area contributed by atoms with Gasteiger partial charge in [0, 0.05) is 31.6 Å². The van der Waals surface area contributed by atoms with Crippen LogP contribution < -0.4 is 5.73 Å². The standard InChI is InChI=1S/C12H21N3O/c1-3-15(7-8-16-4-2)10-12-9-11(13)5-6-14-12/h5-6,9H,3-4,7-8,10H2,1-2H3,(H2,13,14). The van der Waals surface area contributed by atoms with E-state index >= 15 is 0 Å². The molecule has 0 amide bonds. The van der Waals surface area contributed by atoms with E-state index in [1.807, 2.05) is 13.0 Å². The van der Waals surface area contributed by atoms with Crippen LogP contribution in [0.5, 0.6) is 0 Å². The second kappa shape index (κ2) is 7.19. The minimum atomic E-state index is 0.769. The Morgan fingerprint density at radius 3 is 2.88 bits per heavy atom. The summed E-state index contributed by atoms with van der Waals surface area (Å²) >= 11 is 0. The zero-order valence-electron chi connectivity index (χ0n) is 10.1. The molecule has 0 saturated carbocycles. The van der Waals surface area contributed by atoms with E-state index in [2.05, 4.69) is 16.8 Å². The number of nitrogens with zero attached hydrogens (tertiary/aromatic N) is 2. The van der Waals surface area contributed by atoms with E-state index in [0.29, 0.717) is 0 Å². The number of hydrogen-bond acceptors (Lipinski definition) is 4. The number of nitrogens with two attached hydrogens (primary N) is 1. The molecule has 0 aliphatic rings. The highest BCUT2D eigenvalue weighted by Gasteiger charge is 2.04. The molecule has 2 N–H and O–H groups in total. The third-order valence-electron chi connectivity index (χ3n) is 2.43. The van der Waals surface area contributed by atoms with Gasteiger partial charge in [0.25, 0.3) is 0 Å². The van der Waals surface area contributed by atoms with Crippen molar-refractivity contribution in [2.45, 2.75) is 20.4 Å². The van der Waals surface area contributed by atoms with E-state index < -0.39 is 0 Å². The molecular formula is C12H21N3O. The van der Waals surface area contributed by atoms with Crippen LogP contribution >= 0.6 is 0 Å². The van der Waals surface area contributed by atoms with E-state index in [0.717, 1.165) is 44.2 Å². The highest BCUT2D eigenvalue weighted by Crippen LogP contribution is 2.06. The highest BCUT2D eigenvalue weighted by atomic mass is 16.5. The Bertz CT molecular complexity index is 304. The molecule has 0 aliphatic heterocycles. The number of nitrogen functional groups attached to an aromatic ring is 1. The summed E-state index contributed by atoms with van der Waals surface area (Å²) in [7, 11) is 0. The fraction of sp³-hybridized carbons (Fsp3) is 0.583. The van der Waals surface area contributed by atoms with Gasteiger partial charge in [-0.1, -0.05) is 6.92 Å². The Morgan fingerprint density at radius 2 is 2.25 bits per heavy atom. The van der Waals surface area contributed by atoms with Crippen molar-refractivity contribution < 1.29 is 4.74 Å². The number of anilines is 1. The first-order valence-corrected chi connectivity index (χ1v) is 5.76. The molecule has 0 fully saturated rings. The van der Waals surface area contributed by atoms with Gasteiger partial charge in [-0.25, -0.2) is 0 Å². The van der Waals surface area contributed by atoms with Crippen LogP contribution in [0, 0.1) is 0 Å². The smallest absolute Gasteiger partial charge is 0.0593 e. The topological polar surface area (TPSA) is 51.4 Å². The monoisotopic (exact) mass is 223 g/mol. The van der Waals surface area contributed by atoms with Gasteiger partial charge in [0.1, 0.15) is 0 Å². The predicted octanol–water partition coefficient (Wildman–Crippen LogP) is 1.52. The average Bonchev–Trinajstić information content (AvgIpc) is 2.28. The second-order valence-electron chi connectivity index (χ2n) is 3.65. The zero-order chi connectivity index (χ0) is 11.8. The van der Waals surface area contributed by atoms with Crippen molar-refractivity contribution in [3.8, 4) is 0 Å². The molecule has 1 heterocycles. The van der Waals surface area contributed by atoms with Crippen LogP contribution in [0.1, 0.15) is 19.5 Å². The Morgan fingerprint density at radius 1 is 1.44 bits per heavy atom. The maximum absolute atomic E-state index is 5.71. The van der Waals surface area contributed by atoms with Crippen LogP contribution in [-0.4, -0.2) is 36.2 Å². The predicted molar refractivity (Wildman–Crippen MR) is 66.1 cm³/mol. The summed E-state index contributed by atoms with van der Waals surface area (Å²) in [5, 5.41) is 0. The Labute approximate surface area is 97.4 Å². The van der Waals surface area contributed by atoms with Crippen LogP contribution in [0.25, 0.3) is 0 Å². The number of rotatable bonds is 7. The minimum absolute atomic E-state index is 0.769. The summed E-state index contributed by atoms with van der Waals surface area (Å²) in [5.41, 5.74) is 7.50. The van der Waals surface area contributed by atoms with Crippen molar-refractivity contribution in [1.29, 1.82) is 0 Å². The molecule has 1 aromatic heterocycles. The number of ether oxygens (including phenoxy) is 1. The lowest BCUT2D eigenvalue weighted by atomic mass is 10.3. The maximum atomic E-state index is 5.71. The second-order valence-corrected chi connectivity index (χ2v) is 3.65. The molecule has 0 unspecified atom stereocenters. The van der Waals surface area contributed by atoms with Gasteiger partial charge < -0.3 is 10.5 Å². The van der Waals surface area contributed by atoms with E-state index in [9.17, 15) is 0 Å². The van der Waals surface area contributed by atoms with Crippen LogP contribution in [-0.2, 0) is 11.3 Å². The van der Waals surface area contributed by atoms with Gasteiger partial charge in [0.05, 0.1) is 12.3 Å². The lowest BCUT2D eigenvalue weighted by Gasteiger charge is -2.19. The molecule has 0 saturated heterocycles. The first-order chi connectivity index (χ1) is 7.76. The molecule has 0 bridgehead atoms. The van der Waals surface area contributed by atoms with Crippen LogP contribution in [0.15, 0.2) is 18.3 Å². The van der Waals surface area contributed by atoms with Crippen LogP contribution in [0.4, 0.5) is 5.69 Å². The Kier molecular flexibility index (Phi) is 5.82. The van der Waals surface area contributed by atoms with Crippen molar-refractivity contribution in [2.75, 3.05) is 32.0 Å². The number of aromatic nitrogens is 1. The minimum Gasteiger partial charge on any atom is -0.399 e. The lowest BCUT2D eigenvalue weighted by molar-refractivity contribution is 0.112.